The topological polar surface area (TPSA) is 237 Å². The van der Waals surface area contributed by atoms with Crippen LogP contribution < -0.4 is 0 Å². The standard InChI is InChI=1S/C83H146O17P2/c1-5-9-13-17-21-25-29-32-35-37-38-40-42-45-49-52-56-60-64-68-81(86)94-74-79(100-83(88)70-66-62-58-54-50-46-43-39-36-33-30-26-22-18-14-10-6-2)76-98-102(91,92)96-72-77(84)71-95-101(89,90)97-75-78(99-82(87)69-65-61-57-53-47-28-24-20-16-12-8-4)73-93-80(85)67-63-59-55-51-48-44-41-34-31-27-23-19-15-11-7-3/h9-10,13-14,21-22,25-26,32-33,35-36,38,40,45,49,77-79,84H,5-8,11-12,15-20,23-24,27-31,34,37,39,41-44,46-48,50-76H2,1-4H3,(H,89,90)(H,91,92)/b13-9-,14-10-,25-21-,26-22-,35-32-,36-33-,40-38-,49-45-. The van der Waals surface area contributed by atoms with Gasteiger partial charge in [0, 0.05) is 25.7 Å². The van der Waals surface area contributed by atoms with Gasteiger partial charge in [0.05, 0.1) is 26.4 Å². The van der Waals surface area contributed by atoms with Crippen LogP contribution in [0.1, 0.15) is 349 Å². The van der Waals surface area contributed by atoms with Gasteiger partial charge >= 0.3 is 39.5 Å². The summed E-state index contributed by atoms with van der Waals surface area (Å²) >= 11 is 0. The average molecular weight is 1480 g/mol. The molecule has 0 spiro atoms. The van der Waals surface area contributed by atoms with Crippen molar-refractivity contribution in [1.82, 2.24) is 0 Å². The largest absolute Gasteiger partial charge is 0.472 e. The summed E-state index contributed by atoms with van der Waals surface area (Å²) in [6.45, 7) is 4.65. The Balaban J connectivity index is 5.35. The number of hydrogen-bond donors (Lipinski definition) is 3. The number of carbonyl (C=O) groups excluding carboxylic acids is 4. The summed E-state index contributed by atoms with van der Waals surface area (Å²) in [6, 6.07) is 0. The maximum absolute atomic E-state index is 13.1. The predicted molar refractivity (Wildman–Crippen MR) is 418 cm³/mol. The first kappa shape index (κ1) is 98.0. The van der Waals surface area contributed by atoms with E-state index in [4.69, 9.17) is 37.0 Å². The molecule has 0 aromatic rings. The molecule has 0 aliphatic heterocycles. The van der Waals surface area contributed by atoms with Gasteiger partial charge in [-0.2, -0.15) is 0 Å². The lowest BCUT2D eigenvalue weighted by atomic mass is 10.0. The summed E-state index contributed by atoms with van der Waals surface area (Å²) in [5.41, 5.74) is 0. The molecule has 3 N–H and O–H groups in total. The minimum absolute atomic E-state index is 0.0761. The van der Waals surface area contributed by atoms with Gasteiger partial charge in [-0.15, -0.1) is 0 Å². The van der Waals surface area contributed by atoms with Gasteiger partial charge < -0.3 is 33.8 Å². The highest BCUT2D eigenvalue weighted by Gasteiger charge is 2.30. The Bertz CT molecular complexity index is 2310. The lowest BCUT2D eigenvalue weighted by Gasteiger charge is -2.21. The number of esters is 4. The molecule has 102 heavy (non-hydrogen) atoms. The molecule has 0 radical (unpaired) electrons. The fraction of sp³-hybridized carbons (Fsp3) is 0.759. The normalized spacial score (nSPS) is 14.4. The van der Waals surface area contributed by atoms with E-state index in [9.17, 15) is 43.2 Å². The van der Waals surface area contributed by atoms with E-state index in [0.29, 0.717) is 25.7 Å². The lowest BCUT2D eigenvalue weighted by Crippen LogP contribution is -2.30. The number of hydrogen-bond acceptors (Lipinski definition) is 15. The SMILES string of the molecule is CC/C=C\C/C=C\C/C=C\C/C=C\C/C=C\CCCCCC(=O)OCC(COP(=O)(O)OCC(O)COP(=O)(O)OCC(COC(=O)CCCCCCCCCCCCCCCCC)OC(=O)CCCCCCCCCCCCC)OC(=O)CCCCCCCCC/C=C\C/C=C\C/C=C\CC. The molecule has 0 saturated carbocycles. The highest BCUT2D eigenvalue weighted by atomic mass is 31.2. The third kappa shape index (κ3) is 74.3. The third-order valence-electron chi connectivity index (χ3n) is 17.1. The molecule has 0 saturated heterocycles. The lowest BCUT2D eigenvalue weighted by molar-refractivity contribution is -0.161. The molecular formula is C83H146O17P2. The first-order valence-corrected chi connectivity index (χ1v) is 43.5. The van der Waals surface area contributed by atoms with Crippen molar-refractivity contribution in [3.8, 4) is 0 Å². The maximum Gasteiger partial charge on any atom is 0.472 e. The van der Waals surface area contributed by atoms with Crippen LogP contribution in [0.25, 0.3) is 0 Å². The minimum atomic E-state index is -4.99. The van der Waals surface area contributed by atoms with Crippen molar-refractivity contribution < 1.29 is 80.2 Å². The zero-order valence-corrected chi connectivity index (χ0v) is 66.3. The number of aliphatic hydroxyl groups is 1. The molecule has 0 aliphatic rings. The number of rotatable bonds is 76. The fourth-order valence-corrected chi connectivity index (χ4v) is 12.5. The first-order chi connectivity index (χ1) is 49.7. The van der Waals surface area contributed by atoms with E-state index in [1.807, 2.05) is 0 Å². The van der Waals surface area contributed by atoms with Crippen LogP contribution in [0.3, 0.4) is 0 Å². The average Bonchev–Trinajstić information content (AvgIpc) is 0.921. The van der Waals surface area contributed by atoms with Gasteiger partial charge in [0.25, 0.3) is 0 Å². The number of carbonyl (C=O) groups is 4. The number of allylic oxidation sites excluding steroid dienone is 16. The minimum Gasteiger partial charge on any atom is -0.462 e. The van der Waals surface area contributed by atoms with Crippen molar-refractivity contribution in [3.05, 3.63) is 97.2 Å². The van der Waals surface area contributed by atoms with E-state index >= 15 is 0 Å². The van der Waals surface area contributed by atoms with Crippen LogP contribution in [0.4, 0.5) is 0 Å². The fourth-order valence-electron chi connectivity index (χ4n) is 11.0. The number of phosphoric acid groups is 2. The van der Waals surface area contributed by atoms with Crippen molar-refractivity contribution >= 4 is 39.5 Å². The van der Waals surface area contributed by atoms with Crippen LogP contribution >= 0.6 is 15.6 Å². The Morgan fingerprint density at radius 2 is 0.510 bits per heavy atom. The molecule has 0 rings (SSSR count). The number of phosphoric ester groups is 2. The zero-order chi connectivity index (χ0) is 74.6. The van der Waals surface area contributed by atoms with Crippen molar-refractivity contribution in [1.29, 1.82) is 0 Å². The second kappa shape index (κ2) is 75.2. The van der Waals surface area contributed by atoms with Crippen LogP contribution in [0, 0.1) is 0 Å². The molecule has 0 heterocycles. The highest BCUT2D eigenvalue weighted by Crippen LogP contribution is 2.45. The molecule has 0 bridgehead atoms. The van der Waals surface area contributed by atoms with Crippen LogP contribution in [-0.2, 0) is 65.4 Å². The number of unbranched alkanes of at least 4 members (excludes halogenated alkanes) is 34. The quantitative estimate of drug-likeness (QED) is 0.0169. The van der Waals surface area contributed by atoms with Crippen LogP contribution in [0.15, 0.2) is 97.2 Å². The van der Waals surface area contributed by atoms with E-state index in [0.717, 1.165) is 161 Å². The summed E-state index contributed by atoms with van der Waals surface area (Å²) in [5.74, 6) is -2.20. The zero-order valence-electron chi connectivity index (χ0n) is 64.5. The smallest absolute Gasteiger partial charge is 0.462 e. The summed E-state index contributed by atoms with van der Waals surface area (Å²) in [4.78, 5) is 73.0. The number of ether oxygens (including phenoxy) is 4. The number of aliphatic hydroxyl groups excluding tert-OH is 1. The monoisotopic (exact) mass is 1480 g/mol. The van der Waals surface area contributed by atoms with Crippen molar-refractivity contribution in [2.45, 2.75) is 367 Å². The van der Waals surface area contributed by atoms with E-state index < -0.39 is 97.5 Å². The van der Waals surface area contributed by atoms with Crippen LogP contribution in [0.2, 0.25) is 0 Å². The molecule has 17 nitrogen and oxygen atoms in total. The molecule has 0 aliphatic carbocycles. The van der Waals surface area contributed by atoms with Crippen molar-refractivity contribution in [2.24, 2.45) is 0 Å². The summed E-state index contributed by atoms with van der Waals surface area (Å²) in [6.07, 6.45) is 79.5. The second-order valence-electron chi connectivity index (χ2n) is 27.0. The highest BCUT2D eigenvalue weighted by molar-refractivity contribution is 7.47. The van der Waals surface area contributed by atoms with E-state index in [2.05, 4.69) is 125 Å². The van der Waals surface area contributed by atoms with Gasteiger partial charge in [-0.3, -0.25) is 37.3 Å². The summed E-state index contributed by atoms with van der Waals surface area (Å²) in [5, 5.41) is 10.6. The van der Waals surface area contributed by atoms with Crippen molar-refractivity contribution in [3.63, 3.8) is 0 Å². The van der Waals surface area contributed by atoms with Crippen LogP contribution in [0.5, 0.6) is 0 Å². The third-order valence-corrected chi connectivity index (χ3v) is 19.0. The molecule has 5 atom stereocenters. The summed E-state index contributed by atoms with van der Waals surface area (Å²) < 4.78 is 68.6. The molecular weight excluding hydrogens is 1330 g/mol. The van der Waals surface area contributed by atoms with Gasteiger partial charge in [-0.25, -0.2) is 9.13 Å². The summed E-state index contributed by atoms with van der Waals surface area (Å²) in [7, 11) is -9.96. The maximum atomic E-state index is 13.1. The van der Waals surface area contributed by atoms with Gasteiger partial charge in [0.2, 0.25) is 0 Å². The Morgan fingerprint density at radius 3 is 0.794 bits per heavy atom. The van der Waals surface area contributed by atoms with E-state index in [1.54, 1.807) is 0 Å². The molecule has 19 heteroatoms. The van der Waals surface area contributed by atoms with Crippen LogP contribution in [-0.4, -0.2) is 96.7 Å². The molecule has 5 unspecified atom stereocenters. The Kier molecular flexibility index (Phi) is 72.3. The Hall–Kier alpha value is -4.02. The second-order valence-corrected chi connectivity index (χ2v) is 29.9. The molecule has 0 aromatic carbocycles. The van der Waals surface area contributed by atoms with E-state index in [1.165, 1.54) is 109 Å². The molecule has 590 valence electrons. The van der Waals surface area contributed by atoms with Gasteiger partial charge in [-0.1, -0.05) is 318 Å². The van der Waals surface area contributed by atoms with Gasteiger partial charge in [0.1, 0.15) is 19.3 Å². The van der Waals surface area contributed by atoms with Gasteiger partial charge in [0.15, 0.2) is 12.2 Å². The van der Waals surface area contributed by atoms with Gasteiger partial charge in [-0.05, 0) is 103 Å². The first-order valence-electron chi connectivity index (χ1n) is 40.5. The molecule has 0 amide bonds. The van der Waals surface area contributed by atoms with Crippen molar-refractivity contribution in [2.75, 3.05) is 39.6 Å². The van der Waals surface area contributed by atoms with E-state index in [-0.39, 0.29) is 25.7 Å². The molecule has 0 fully saturated rings. The molecule has 0 aromatic heterocycles. The predicted octanol–water partition coefficient (Wildman–Crippen LogP) is 23.6. The Morgan fingerprint density at radius 1 is 0.284 bits per heavy atom. The Labute approximate surface area is 620 Å².